The standard InChI is InChI=1S/C16H35N5O/c1-8-17-15(19-13-16(4,5)20(6)7)18-12-11-14(22)21(9-2)10-3/h8-13H2,1-7H3,(H2,17,18,19). The highest BCUT2D eigenvalue weighted by molar-refractivity contribution is 5.81. The Labute approximate surface area is 136 Å². The first-order chi connectivity index (χ1) is 10.3. The van der Waals surface area contributed by atoms with E-state index in [-0.39, 0.29) is 11.4 Å². The number of hydrogen-bond acceptors (Lipinski definition) is 3. The monoisotopic (exact) mass is 313 g/mol. The molecule has 0 radical (unpaired) electrons. The summed E-state index contributed by atoms with van der Waals surface area (Å²) in [5.74, 6) is 0.951. The van der Waals surface area contributed by atoms with Gasteiger partial charge in [-0.3, -0.25) is 9.79 Å². The lowest BCUT2D eigenvalue weighted by Crippen LogP contribution is -2.44. The van der Waals surface area contributed by atoms with E-state index in [9.17, 15) is 4.79 Å². The number of carbonyl (C=O) groups excluding carboxylic acids is 1. The van der Waals surface area contributed by atoms with Crippen molar-refractivity contribution in [2.75, 3.05) is 46.8 Å². The van der Waals surface area contributed by atoms with Crippen LogP contribution in [0, 0.1) is 0 Å². The zero-order valence-electron chi connectivity index (χ0n) is 15.5. The summed E-state index contributed by atoms with van der Waals surface area (Å²) >= 11 is 0. The van der Waals surface area contributed by atoms with Crippen molar-refractivity contribution in [2.24, 2.45) is 4.99 Å². The van der Waals surface area contributed by atoms with Crippen LogP contribution in [0.25, 0.3) is 0 Å². The minimum absolute atomic E-state index is 0.000604. The summed E-state index contributed by atoms with van der Waals surface area (Å²) in [5, 5.41) is 6.46. The lowest BCUT2D eigenvalue weighted by molar-refractivity contribution is -0.130. The Morgan fingerprint density at radius 2 is 1.68 bits per heavy atom. The highest BCUT2D eigenvalue weighted by Gasteiger charge is 2.20. The molecular formula is C16H35N5O. The number of amides is 1. The first-order valence-corrected chi connectivity index (χ1v) is 8.25. The first kappa shape index (κ1) is 20.7. The second-order valence-corrected chi connectivity index (χ2v) is 6.14. The number of likely N-dealkylation sites (N-methyl/N-ethyl adjacent to an activating group) is 1. The van der Waals surface area contributed by atoms with Crippen LogP contribution in [0.4, 0.5) is 0 Å². The molecule has 0 aromatic rings. The van der Waals surface area contributed by atoms with Crippen LogP contribution in [0.3, 0.4) is 0 Å². The van der Waals surface area contributed by atoms with Crippen LogP contribution in [-0.2, 0) is 4.79 Å². The molecule has 0 spiro atoms. The van der Waals surface area contributed by atoms with Crippen LogP contribution >= 0.6 is 0 Å². The van der Waals surface area contributed by atoms with Gasteiger partial charge in [0.15, 0.2) is 5.96 Å². The van der Waals surface area contributed by atoms with Gasteiger partial charge in [0.1, 0.15) is 0 Å². The van der Waals surface area contributed by atoms with E-state index in [0.29, 0.717) is 19.5 Å². The Hall–Kier alpha value is -1.30. The van der Waals surface area contributed by atoms with Gasteiger partial charge in [0.05, 0.1) is 6.54 Å². The quantitative estimate of drug-likeness (QED) is 0.495. The van der Waals surface area contributed by atoms with E-state index in [4.69, 9.17) is 0 Å². The molecule has 0 fully saturated rings. The first-order valence-electron chi connectivity index (χ1n) is 8.25. The third-order valence-corrected chi connectivity index (χ3v) is 3.93. The maximum absolute atomic E-state index is 12.0. The summed E-state index contributed by atoms with van der Waals surface area (Å²) in [5.41, 5.74) is -0.000604. The zero-order valence-corrected chi connectivity index (χ0v) is 15.5. The molecule has 6 nitrogen and oxygen atoms in total. The van der Waals surface area contributed by atoms with Crippen LogP contribution in [0.2, 0.25) is 0 Å². The molecule has 22 heavy (non-hydrogen) atoms. The van der Waals surface area contributed by atoms with Crippen molar-refractivity contribution in [2.45, 2.75) is 46.6 Å². The average Bonchev–Trinajstić information content (AvgIpc) is 2.46. The second kappa shape index (κ2) is 10.4. The molecule has 0 bridgehead atoms. The van der Waals surface area contributed by atoms with Crippen molar-refractivity contribution < 1.29 is 4.79 Å². The van der Waals surface area contributed by atoms with Crippen LogP contribution in [0.1, 0.15) is 41.0 Å². The summed E-state index contributed by atoms with van der Waals surface area (Å²) in [7, 11) is 4.11. The molecule has 0 saturated heterocycles. The van der Waals surface area contributed by atoms with E-state index >= 15 is 0 Å². The molecule has 0 saturated carbocycles. The molecule has 0 aliphatic heterocycles. The van der Waals surface area contributed by atoms with E-state index in [1.54, 1.807) is 0 Å². The summed E-state index contributed by atoms with van der Waals surface area (Å²) in [4.78, 5) is 20.6. The van der Waals surface area contributed by atoms with Gasteiger partial charge in [-0.15, -0.1) is 0 Å². The molecule has 0 aromatic carbocycles. The fourth-order valence-electron chi connectivity index (χ4n) is 1.78. The Morgan fingerprint density at radius 3 is 2.14 bits per heavy atom. The average molecular weight is 313 g/mol. The topological polar surface area (TPSA) is 60.0 Å². The molecular weight excluding hydrogens is 278 g/mol. The third-order valence-electron chi connectivity index (χ3n) is 3.93. The van der Waals surface area contributed by atoms with Crippen LogP contribution in [-0.4, -0.2) is 74.0 Å². The lowest BCUT2D eigenvalue weighted by atomic mass is 10.1. The van der Waals surface area contributed by atoms with Crippen molar-refractivity contribution in [3.63, 3.8) is 0 Å². The summed E-state index contributed by atoms with van der Waals surface area (Å²) in [6, 6.07) is 0. The van der Waals surface area contributed by atoms with Crippen LogP contribution < -0.4 is 10.6 Å². The van der Waals surface area contributed by atoms with E-state index in [2.05, 4.69) is 48.5 Å². The fourth-order valence-corrected chi connectivity index (χ4v) is 1.78. The minimum atomic E-state index is -0.000604. The van der Waals surface area contributed by atoms with Crippen LogP contribution in [0.5, 0.6) is 0 Å². The molecule has 0 aliphatic rings. The highest BCUT2D eigenvalue weighted by atomic mass is 16.2. The smallest absolute Gasteiger partial charge is 0.224 e. The number of aliphatic imine (C=N–C) groups is 1. The fraction of sp³-hybridized carbons (Fsp3) is 0.875. The predicted molar refractivity (Wildman–Crippen MR) is 94.3 cm³/mol. The normalized spacial score (nSPS) is 12.5. The van der Waals surface area contributed by atoms with Gasteiger partial charge < -0.3 is 20.4 Å². The van der Waals surface area contributed by atoms with E-state index in [0.717, 1.165) is 25.6 Å². The molecule has 6 heteroatoms. The van der Waals surface area contributed by atoms with E-state index in [1.165, 1.54) is 0 Å². The van der Waals surface area contributed by atoms with E-state index < -0.39 is 0 Å². The van der Waals surface area contributed by atoms with Crippen molar-refractivity contribution in [1.82, 2.24) is 20.4 Å². The molecule has 1 amide bonds. The van der Waals surface area contributed by atoms with Gasteiger partial charge in [-0.25, -0.2) is 0 Å². The number of carbonyl (C=O) groups is 1. The van der Waals surface area contributed by atoms with Gasteiger partial charge in [0.25, 0.3) is 0 Å². The highest BCUT2D eigenvalue weighted by Crippen LogP contribution is 2.09. The SMILES string of the molecule is CCNC(=NCC(C)(C)N(C)C)NCCC(=O)N(CC)CC. The van der Waals surface area contributed by atoms with Gasteiger partial charge >= 0.3 is 0 Å². The lowest BCUT2D eigenvalue weighted by Gasteiger charge is -2.31. The van der Waals surface area contributed by atoms with Crippen LogP contribution in [0.15, 0.2) is 4.99 Å². The summed E-state index contributed by atoms with van der Waals surface area (Å²) in [6.07, 6.45) is 0.489. The predicted octanol–water partition coefficient (Wildman–Crippen LogP) is 1.14. The Bertz CT molecular complexity index is 348. The zero-order chi connectivity index (χ0) is 17.2. The minimum Gasteiger partial charge on any atom is -0.357 e. The maximum Gasteiger partial charge on any atom is 0.224 e. The molecule has 0 aliphatic carbocycles. The molecule has 130 valence electrons. The Kier molecular flexibility index (Phi) is 9.81. The largest absolute Gasteiger partial charge is 0.357 e. The third kappa shape index (κ3) is 7.64. The molecule has 0 aromatic heterocycles. The second-order valence-electron chi connectivity index (χ2n) is 6.14. The van der Waals surface area contributed by atoms with Gasteiger partial charge in [0.2, 0.25) is 5.91 Å². The Balaban J connectivity index is 4.44. The van der Waals surface area contributed by atoms with Crippen molar-refractivity contribution >= 4 is 11.9 Å². The number of nitrogens with zero attached hydrogens (tertiary/aromatic N) is 3. The molecule has 0 heterocycles. The molecule has 0 unspecified atom stereocenters. The van der Waals surface area contributed by atoms with Gasteiger partial charge in [-0.05, 0) is 48.7 Å². The molecule has 0 rings (SSSR count). The summed E-state index contributed by atoms with van der Waals surface area (Å²) < 4.78 is 0. The summed E-state index contributed by atoms with van der Waals surface area (Å²) in [6.45, 7) is 14.0. The van der Waals surface area contributed by atoms with Crippen molar-refractivity contribution in [1.29, 1.82) is 0 Å². The van der Waals surface area contributed by atoms with E-state index in [1.807, 2.05) is 25.7 Å². The Morgan fingerprint density at radius 1 is 1.09 bits per heavy atom. The number of hydrogen-bond donors (Lipinski definition) is 2. The van der Waals surface area contributed by atoms with Crippen molar-refractivity contribution in [3.8, 4) is 0 Å². The number of nitrogens with one attached hydrogen (secondary N) is 2. The molecule has 2 N–H and O–H groups in total. The number of rotatable bonds is 9. The van der Waals surface area contributed by atoms with Gasteiger partial charge in [-0.1, -0.05) is 0 Å². The van der Waals surface area contributed by atoms with Crippen molar-refractivity contribution in [3.05, 3.63) is 0 Å². The maximum atomic E-state index is 12.0. The van der Waals surface area contributed by atoms with Gasteiger partial charge in [0, 0.05) is 38.1 Å². The number of guanidine groups is 1. The molecule has 0 atom stereocenters. The van der Waals surface area contributed by atoms with Gasteiger partial charge in [-0.2, -0.15) is 0 Å².